The number of aromatic nitrogens is 2. The Hall–Kier alpha value is -1.90. The molecule has 1 aromatic heterocycles. The number of benzene rings is 1. The van der Waals surface area contributed by atoms with Crippen molar-refractivity contribution in [3.8, 4) is 11.4 Å². The fourth-order valence-electron chi connectivity index (χ4n) is 2.63. The lowest BCUT2D eigenvalue weighted by Gasteiger charge is -2.09. The van der Waals surface area contributed by atoms with Crippen molar-refractivity contribution in [1.29, 1.82) is 0 Å². The van der Waals surface area contributed by atoms with Crippen LogP contribution in [0.1, 0.15) is 30.2 Å². The summed E-state index contributed by atoms with van der Waals surface area (Å²) in [5, 5.41) is 0. The van der Waals surface area contributed by atoms with E-state index in [1.807, 2.05) is 6.07 Å². The molecule has 0 saturated carbocycles. The number of fused-ring (bicyclic) bond motifs is 1. The van der Waals surface area contributed by atoms with Gasteiger partial charge in [0, 0.05) is 16.8 Å². The maximum absolute atomic E-state index is 6.05. The molecule has 1 aromatic carbocycles. The van der Waals surface area contributed by atoms with E-state index in [4.69, 9.17) is 10.7 Å². The molecule has 0 saturated heterocycles. The molecule has 1 aliphatic rings. The van der Waals surface area contributed by atoms with Crippen LogP contribution in [0.3, 0.4) is 0 Å². The molecule has 1 aliphatic carbocycles. The summed E-state index contributed by atoms with van der Waals surface area (Å²) < 4.78 is 0. The topological polar surface area (TPSA) is 51.8 Å². The minimum Gasteiger partial charge on any atom is -0.383 e. The fourth-order valence-corrected chi connectivity index (χ4v) is 2.63. The Kier molecular flexibility index (Phi) is 2.74. The highest BCUT2D eigenvalue weighted by Gasteiger charge is 2.18. The van der Waals surface area contributed by atoms with Gasteiger partial charge in [-0.1, -0.05) is 31.2 Å². The molecule has 0 bridgehead atoms. The van der Waals surface area contributed by atoms with Gasteiger partial charge in [0.25, 0.3) is 0 Å². The van der Waals surface area contributed by atoms with Crippen molar-refractivity contribution in [3.05, 3.63) is 41.1 Å². The average molecular weight is 239 g/mol. The number of hydrogen-bond acceptors (Lipinski definition) is 3. The van der Waals surface area contributed by atoms with Crippen molar-refractivity contribution in [2.75, 3.05) is 5.73 Å². The Balaban J connectivity index is 2.15. The van der Waals surface area contributed by atoms with E-state index >= 15 is 0 Å². The lowest BCUT2D eigenvalue weighted by atomic mass is 10.0. The van der Waals surface area contributed by atoms with Crippen LogP contribution in [0.25, 0.3) is 11.4 Å². The number of nitrogen functional groups attached to an aromatic ring is 1. The summed E-state index contributed by atoms with van der Waals surface area (Å²) in [6.45, 7) is 2.15. The maximum atomic E-state index is 6.05. The Morgan fingerprint density at radius 3 is 2.83 bits per heavy atom. The minimum atomic E-state index is 0.665. The van der Waals surface area contributed by atoms with E-state index in [0.29, 0.717) is 5.82 Å². The molecule has 2 aromatic rings. The molecule has 18 heavy (non-hydrogen) atoms. The second-order valence-electron chi connectivity index (χ2n) is 4.72. The first-order chi connectivity index (χ1) is 8.79. The first-order valence-corrected chi connectivity index (χ1v) is 6.53. The van der Waals surface area contributed by atoms with E-state index < -0.39 is 0 Å². The Morgan fingerprint density at radius 1 is 1.17 bits per heavy atom. The van der Waals surface area contributed by atoms with Crippen LogP contribution in [-0.2, 0) is 19.3 Å². The minimum absolute atomic E-state index is 0.665. The summed E-state index contributed by atoms with van der Waals surface area (Å²) in [6.07, 6.45) is 4.18. The Labute approximate surface area is 107 Å². The van der Waals surface area contributed by atoms with E-state index in [-0.39, 0.29) is 0 Å². The lowest BCUT2D eigenvalue weighted by molar-refractivity contribution is 0.900. The average Bonchev–Trinajstić information content (AvgIpc) is 2.87. The Bertz CT molecular complexity index is 590. The highest BCUT2D eigenvalue weighted by molar-refractivity contribution is 5.63. The zero-order valence-corrected chi connectivity index (χ0v) is 10.6. The van der Waals surface area contributed by atoms with Gasteiger partial charge in [-0.05, 0) is 31.2 Å². The van der Waals surface area contributed by atoms with E-state index in [1.165, 1.54) is 5.56 Å². The van der Waals surface area contributed by atoms with Crippen LogP contribution in [0, 0.1) is 0 Å². The largest absolute Gasteiger partial charge is 0.383 e. The van der Waals surface area contributed by atoms with Crippen LogP contribution in [0.5, 0.6) is 0 Å². The first kappa shape index (κ1) is 11.2. The van der Waals surface area contributed by atoms with Crippen molar-refractivity contribution < 1.29 is 0 Å². The molecule has 3 rings (SSSR count). The van der Waals surface area contributed by atoms with Crippen LogP contribution < -0.4 is 5.73 Å². The summed E-state index contributed by atoms with van der Waals surface area (Å²) >= 11 is 0. The van der Waals surface area contributed by atoms with Crippen molar-refractivity contribution >= 4 is 5.82 Å². The lowest BCUT2D eigenvalue weighted by Crippen LogP contribution is -2.03. The zero-order valence-electron chi connectivity index (χ0n) is 10.6. The van der Waals surface area contributed by atoms with Gasteiger partial charge in [0.15, 0.2) is 5.82 Å². The summed E-state index contributed by atoms with van der Waals surface area (Å²) in [4.78, 5) is 9.19. The molecule has 3 nitrogen and oxygen atoms in total. The van der Waals surface area contributed by atoms with Gasteiger partial charge in [-0.2, -0.15) is 0 Å². The number of anilines is 1. The summed E-state index contributed by atoms with van der Waals surface area (Å²) in [7, 11) is 0. The van der Waals surface area contributed by atoms with Crippen LogP contribution in [-0.4, -0.2) is 9.97 Å². The molecular weight excluding hydrogens is 222 g/mol. The molecule has 3 heteroatoms. The standard InChI is InChI=1S/C15H17N3/c1-2-10-6-3-4-7-11(10)15-17-13-9-5-8-12(13)14(16)18-15/h3-4,6-7H,2,5,8-9H2,1H3,(H2,16,17,18). The number of aryl methyl sites for hydroxylation is 2. The zero-order chi connectivity index (χ0) is 12.5. The van der Waals surface area contributed by atoms with Gasteiger partial charge in [-0.15, -0.1) is 0 Å². The van der Waals surface area contributed by atoms with Crippen LogP contribution >= 0.6 is 0 Å². The summed E-state index contributed by atoms with van der Waals surface area (Å²) in [6, 6.07) is 8.29. The van der Waals surface area contributed by atoms with E-state index in [0.717, 1.165) is 48.3 Å². The number of rotatable bonds is 2. The molecule has 0 atom stereocenters. The van der Waals surface area contributed by atoms with E-state index in [9.17, 15) is 0 Å². The van der Waals surface area contributed by atoms with E-state index in [1.54, 1.807) is 0 Å². The quantitative estimate of drug-likeness (QED) is 0.876. The third-order valence-corrected chi connectivity index (χ3v) is 3.60. The summed E-state index contributed by atoms with van der Waals surface area (Å²) in [5.74, 6) is 1.45. The molecule has 2 N–H and O–H groups in total. The second kappa shape index (κ2) is 4.41. The van der Waals surface area contributed by atoms with Crippen molar-refractivity contribution in [2.24, 2.45) is 0 Å². The van der Waals surface area contributed by atoms with Gasteiger partial charge in [-0.3, -0.25) is 0 Å². The third kappa shape index (κ3) is 1.76. The smallest absolute Gasteiger partial charge is 0.162 e. The molecule has 0 spiro atoms. The van der Waals surface area contributed by atoms with Gasteiger partial charge in [0.05, 0.1) is 0 Å². The monoisotopic (exact) mass is 239 g/mol. The van der Waals surface area contributed by atoms with Gasteiger partial charge in [0.2, 0.25) is 0 Å². The van der Waals surface area contributed by atoms with Crippen molar-refractivity contribution in [2.45, 2.75) is 32.6 Å². The van der Waals surface area contributed by atoms with Crippen LogP contribution in [0.15, 0.2) is 24.3 Å². The highest BCUT2D eigenvalue weighted by Crippen LogP contribution is 2.28. The highest BCUT2D eigenvalue weighted by atomic mass is 15.0. The van der Waals surface area contributed by atoms with Crippen molar-refractivity contribution in [1.82, 2.24) is 9.97 Å². The molecule has 0 fully saturated rings. The molecule has 1 heterocycles. The first-order valence-electron chi connectivity index (χ1n) is 6.53. The third-order valence-electron chi connectivity index (χ3n) is 3.60. The molecule has 0 amide bonds. The predicted molar refractivity (Wildman–Crippen MR) is 73.3 cm³/mol. The Morgan fingerprint density at radius 2 is 2.00 bits per heavy atom. The van der Waals surface area contributed by atoms with Gasteiger partial charge in [0.1, 0.15) is 5.82 Å². The summed E-state index contributed by atoms with van der Waals surface area (Å²) in [5.41, 5.74) is 10.7. The van der Waals surface area contributed by atoms with Crippen LogP contribution in [0.4, 0.5) is 5.82 Å². The fraction of sp³-hybridized carbons (Fsp3) is 0.333. The maximum Gasteiger partial charge on any atom is 0.162 e. The number of hydrogen-bond donors (Lipinski definition) is 1. The SMILES string of the molecule is CCc1ccccc1-c1nc(N)c2c(n1)CCC2. The molecule has 0 aliphatic heterocycles. The number of nitrogens with zero attached hydrogens (tertiary/aromatic N) is 2. The normalized spacial score (nSPS) is 13.6. The molecular formula is C15H17N3. The molecule has 0 radical (unpaired) electrons. The number of nitrogens with two attached hydrogens (primary N) is 1. The van der Waals surface area contributed by atoms with Gasteiger partial charge >= 0.3 is 0 Å². The second-order valence-corrected chi connectivity index (χ2v) is 4.72. The van der Waals surface area contributed by atoms with Crippen molar-refractivity contribution in [3.63, 3.8) is 0 Å². The molecule has 0 unspecified atom stereocenters. The predicted octanol–water partition coefficient (Wildman–Crippen LogP) is 2.78. The van der Waals surface area contributed by atoms with E-state index in [2.05, 4.69) is 30.1 Å². The van der Waals surface area contributed by atoms with Gasteiger partial charge in [-0.25, -0.2) is 9.97 Å². The van der Waals surface area contributed by atoms with Gasteiger partial charge < -0.3 is 5.73 Å². The molecule has 92 valence electrons. The van der Waals surface area contributed by atoms with Crippen LogP contribution in [0.2, 0.25) is 0 Å².